The molecule has 0 aliphatic carbocycles. The molecule has 0 saturated carbocycles. The molecule has 0 fully saturated rings. The van der Waals surface area contributed by atoms with Gasteiger partial charge in [0.25, 0.3) is 0 Å². The lowest BCUT2D eigenvalue weighted by Gasteiger charge is -2.12. The largest absolute Gasteiger partial charge is 0.477 e. The third-order valence-corrected chi connectivity index (χ3v) is 3.08. The fraction of sp³-hybridized carbons (Fsp3) is 0.400. The number of aromatic carboxylic acids is 1. The van der Waals surface area contributed by atoms with Gasteiger partial charge in [-0.2, -0.15) is 11.8 Å². The molecule has 0 aliphatic rings. The molecule has 1 rings (SSSR count). The summed E-state index contributed by atoms with van der Waals surface area (Å²) in [4.78, 5) is 14.7. The highest BCUT2D eigenvalue weighted by atomic mass is 32.2. The molecule has 1 unspecified atom stereocenters. The van der Waals surface area contributed by atoms with Gasteiger partial charge >= 0.3 is 5.97 Å². The number of hydrogen-bond acceptors (Lipinski definition) is 5. The number of nitrogen functional groups attached to an aromatic ring is 1. The molecule has 0 amide bonds. The van der Waals surface area contributed by atoms with Crippen LogP contribution in [-0.2, 0) is 0 Å². The smallest absolute Gasteiger partial charge is 0.354 e. The summed E-state index contributed by atoms with van der Waals surface area (Å²) >= 11 is 1.71. The summed E-state index contributed by atoms with van der Waals surface area (Å²) in [5.41, 5.74) is 6.14. The normalized spacial score (nSPS) is 12.1. The summed E-state index contributed by atoms with van der Waals surface area (Å²) in [5, 5.41) is 12.2. The molecule has 4 N–H and O–H groups in total. The molecule has 0 spiro atoms. The van der Waals surface area contributed by atoms with Gasteiger partial charge < -0.3 is 16.2 Å². The van der Waals surface area contributed by atoms with E-state index in [0.29, 0.717) is 23.3 Å². The number of hydrogen-bond donors (Lipinski definition) is 3. The second-order valence-electron chi connectivity index (χ2n) is 3.37. The Morgan fingerprint density at radius 2 is 2.38 bits per heavy atom. The number of rotatable bonds is 5. The van der Waals surface area contributed by atoms with Crippen LogP contribution >= 0.6 is 11.8 Å². The Hall–Kier alpha value is -1.43. The van der Waals surface area contributed by atoms with Gasteiger partial charge in [-0.1, -0.05) is 6.92 Å². The SMILES string of the molecule is CSC(C)CNc1nc(C(=O)O)ccc1N. The maximum atomic E-state index is 10.7. The minimum absolute atomic E-state index is 0.00601. The number of carboxylic acids is 1. The third kappa shape index (κ3) is 3.30. The quantitative estimate of drug-likeness (QED) is 0.724. The molecule has 5 nitrogen and oxygen atoms in total. The summed E-state index contributed by atoms with van der Waals surface area (Å²) in [5.74, 6) is -0.623. The van der Waals surface area contributed by atoms with Crippen LogP contribution < -0.4 is 11.1 Å². The van der Waals surface area contributed by atoms with E-state index in [2.05, 4.69) is 17.2 Å². The van der Waals surface area contributed by atoms with Gasteiger partial charge in [0.2, 0.25) is 0 Å². The zero-order valence-electron chi connectivity index (χ0n) is 9.23. The average Bonchev–Trinajstić information content (AvgIpc) is 2.27. The van der Waals surface area contributed by atoms with Gasteiger partial charge in [0.1, 0.15) is 5.82 Å². The number of aromatic nitrogens is 1. The molecule has 1 heterocycles. The molecule has 0 aromatic carbocycles. The first-order valence-corrected chi connectivity index (χ1v) is 6.10. The van der Waals surface area contributed by atoms with Crippen LogP contribution in [0.5, 0.6) is 0 Å². The van der Waals surface area contributed by atoms with Crippen molar-refractivity contribution in [2.75, 3.05) is 23.9 Å². The number of thioether (sulfide) groups is 1. The topological polar surface area (TPSA) is 88.2 Å². The monoisotopic (exact) mass is 241 g/mol. The molecule has 0 aliphatic heterocycles. The minimum Gasteiger partial charge on any atom is -0.477 e. The van der Waals surface area contributed by atoms with E-state index < -0.39 is 5.97 Å². The molecule has 0 radical (unpaired) electrons. The van der Waals surface area contributed by atoms with Crippen molar-refractivity contribution in [1.82, 2.24) is 4.98 Å². The van der Waals surface area contributed by atoms with Crippen LogP contribution in [-0.4, -0.2) is 34.1 Å². The zero-order chi connectivity index (χ0) is 12.1. The van der Waals surface area contributed by atoms with Crippen molar-refractivity contribution in [2.24, 2.45) is 0 Å². The number of carboxylic acid groups (broad SMARTS) is 1. The van der Waals surface area contributed by atoms with Gasteiger partial charge in [-0.25, -0.2) is 9.78 Å². The van der Waals surface area contributed by atoms with Crippen molar-refractivity contribution in [2.45, 2.75) is 12.2 Å². The number of nitrogens with zero attached hydrogens (tertiary/aromatic N) is 1. The molecule has 1 aromatic rings. The fourth-order valence-electron chi connectivity index (χ4n) is 1.05. The number of nitrogens with two attached hydrogens (primary N) is 1. The van der Waals surface area contributed by atoms with Crippen molar-refractivity contribution in [1.29, 1.82) is 0 Å². The summed E-state index contributed by atoms with van der Waals surface area (Å²) in [7, 11) is 0. The highest BCUT2D eigenvalue weighted by Crippen LogP contribution is 2.16. The molecule has 0 bridgehead atoms. The first-order valence-electron chi connectivity index (χ1n) is 4.81. The Morgan fingerprint density at radius 1 is 1.69 bits per heavy atom. The first-order chi connectivity index (χ1) is 7.54. The maximum absolute atomic E-state index is 10.7. The minimum atomic E-state index is -1.05. The van der Waals surface area contributed by atoms with Crippen LogP contribution in [0.2, 0.25) is 0 Å². The van der Waals surface area contributed by atoms with Gasteiger partial charge in [0.15, 0.2) is 5.69 Å². The standard InChI is InChI=1S/C10H15N3O2S/c1-6(16-2)5-12-9-7(11)3-4-8(13-9)10(14)15/h3-4,6H,5,11H2,1-2H3,(H,12,13)(H,14,15). The number of pyridine rings is 1. The lowest BCUT2D eigenvalue weighted by Crippen LogP contribution is -2.15. The molecular formula is C10H15N3O2S. The van der Waals surface area contributed by atoms with Gasteiger partial charge in [0, 0.05) is 11.8 Å². The van der Waals surface area contributed by atoms with Crippen LogP contribution in [0, 0.1) is 0 Å². The van der Waals surface area contributed by atoms with E-state index in [0.717, 1.165) is 0 Å². The van der Waals surface area contributed by atoms with Gasteiger partial charge in [-0.15, -0.1) is 0 Å². The molecule has 1 atom stereocenters. The summed E-state index contributed by atoms with van der Waals surface area (Å²) < 4.78 is 0. The first kappa shape index (κ1) is 12.6. The van der Waals surface area contributed by atoms with Crippen LogP contribution in [0.15, 0.2) is 12.1 Å². The Kier molecular flexibility index (Phi) is 4.42. The highest BCUT2D eigenvalue weighted by molar-refractivity contribution is 7.99. The zero-order valence-corrected chi connectivity index (χ0v) is 10.0. The Morgan fingerprint density at radius 3 is 2.94 bits per heavy atom. The molecule has 88 valence electrons. The predicted octanol–water partition coefficient (Wildman–Crippen LogP) is 1.53. The van der Waals surface area contributed by atoms with E-state index in [-0.39, 0.29) is 5.69 Å². The van der Waals surface area contributed by atoms with E-state index in [4.69, 9.17) is 10.8 Å². The lowest BCUT2D eigenvalue weighted by atomic mass is 10.3. The van der Waals surface area contributed by atoms with Crippen molar-refractivity contribution < 1.29 is 9.90 Å². The van der Waals surface area contributed by atoms with Crippen molar-refractivity contribution in [3.05, 3.63) is 17.8 Å². The van der Waals surface area contributed by atoms with E-state index >= 15 is 0 Å². The van der Waals surface area contributed by atoms with E-state index in [9.17, 15) is 4.79 Å². The summed E-state index contributed by atoms with van der Waals surface area (Å²) in [6, 6.07) is 2.93. The number of carbonyl (C=O) groups is 1. The second kappa shape index (κ2) is 5.60. The highest BCUT2D eigenvalue weighted by Gasteiger charge is 2.09. The number of anilines is 2. The van der Waals surface area contributed by atoms with Crippen LogP contribution in [0.4, 0.5) is 11.5 Å². The predicted molar refractivity (Wildman–Crippen MR) is 67.1 cm³/mol. The molecule has 6 heteroatoms. The third-order valence-electron chi connectivity index (χ3n) is 2.10. The van der Waals surface area contributed by atoms with E-state index in [1.807, 2.05) is 6.26 Å². The fourth-order valence-corrected chi connectivity index (χ4v) is 1.30. The molecular weight excluding hydrogens is 226 g/mol. The Labute approximate surface area is 98.4 Å². The van der Waals surface area contributed by atoms with Crippen molar-refractivity contribution >= 4 is 29.2 Å². The molecule has 16 heavy (non-hydrogen) atoms. The Balaban J connectivity index is 2.78. The van der Waals surface area contributed by atoms with Crippen molar-refractivity contribution in [3.63, 3.8) is 0 Å². The Bertz CT molecular complexity index is 384. The van der Waals surface area contributed by atoms with Gasteiger partial charge in [-0.05, 0) is 18.4 Å². The lowest BCUT2D eigenvalue weighted by molar-refractivity contribution is 0.0690. The number of nitrogens with one attached hydrogen (secondary N) is 1. The van der Waals surface area contributed by atoms with Crippen LogP contribution in [0.25, 0.3) is 0 Å². The molecule has 1 aromatic heterocycles. The molecule has 0 saturated heterocycles. The average molecular weight is 241 g/mol. The van der Waals surface area contributed by atoms with Crippen molar-refractivity contribution in [3.8, 4) is 0 Å². The van der Waals surface area contributed by atoms with E-state index in [1.165, 1.54) is 6.07 Å². The van der Waals surface area contributed by atoms with E-state index in [1.54, 1.807) is 17.8 Å². The maximum Gasteiger partial charge on any atom is 0.354 e. The van der Waals surface area contributed by atoms with Crippen LogP contribution in [0.1, 0.15) is 17.4 Å². The van der Waals surface area contributed by atoms with Gasteiger partial charge in [0.05, 0.1) is 5.69 Å². The van der Waals surface area contributed by atoms with Gasteiger partial charge in [-0.3, -0.25) is 0 Å². The second-order valence-corrected chi connectivity index (χ2v) is 4.64. The van der Waals surface area contributed by atoms with Crippen LogP contribution in [0.3, 0.4) is 0 Å². The summed E-state index contributed by atoms with van der Waals surface area (Å²) in [6.45, 7) is 2.76. The summed E-state index contributed by atoms with van der Waals surface area (Å²) in [6.07, 6.45) is 2.01.